The normalized spacial score (nSPS) is 27.4. The Hall–Kier alpha value is -1.16. The van der Waals surface area contributed by atoms with Crippen molar-refractivity contribution >= 4 is 5.82 Å². The third kappa shape index (κ3) is 2.09. The van der Waals surface area contributed by atoms with Gasteiger partial charge in [0.25, 0.3) is 0 Å². The number of anilines is 1. The fraction of sp³-hybridized carbons (Fsp3) is 0.714. The van der Waals surface area contributed by atoms with Crippen LogP contribution in [0.25, 0.3) is 0 Å². The predicted molar refractivity (Wildman–Crippen MR) is 70.9 cm³/mol. The molecule has 0 amide bonds. The minimum Gasteiger partial charge on any atom is -0.388 e. The molecule has 1 aliphatic heterocycles. The third-order valence-electron chi connectivity index (χ3n) is 4.02. The van der Waals surface area contributed by atoms with Crippen LogP contribution in [0.3, 0.4) is 0 Å². The summed E-state index contributed by atoms with van der Waals surface area (Å²) < 4.78 is 0. The summed E-state index contributed by atoms with van der Waals surface area (Å²) in [5, 5.41) is 10.1. The van der Waals surface area contributed by atoms with Crippen molar-refractivity contribution in [2.45, 2.75) is 51.6 Å². The second-order valence-electron chi connectivity index (χ2n) is 5.90. The number of aromatic nitrogens is 2. The van der Waals surface area contributed by atoms with E-state index in [9.17, 15) is 5.11 Å². The molecular weight excluding hydrogens is 226 g/mol. The summed E-state index contributed by atoms with van der Waals surface area (Å²) in [6, 6.07) is 0. The molecule has 2 aliphatic rings. The van der Waals surface area contributed by atoms with Crippen LogP contribution in [0.15, 0.2) is 0 Å². The van der Waals surface area contributed by atoms with E-state index >= 15 is 0 Å². The lowest BCUT2D eigenvalue weighted by atomic mass is 9.96. The number of nitrogens with zero attached hydrogens (tertiary/aromatic N) is 3. The quantitative estimate of drug-likeness (QED) is 0.819. The Bertz CT molecular complexity index is 470. The number of fused-ring (bicyclic) bond motifs is 1. The summed E-state index contributed by atoms with van der Waals surface area (Å²) >= 11 is 0. The summed E-state index contributed by atoms with van der Waals surface area (Å²) in [7, 11) is 0. The molecule has 2 heterocycles. The van der Waals surface area contributed by atoms with Crippen molar-refractivity contribution in [3.8, 4) is 0 Å². The Morgan fingerprint density at radius 3 is 2.72 bits per heavy atom. The van der Waals surface area contributed by atoms with E-state index in [0.29, 0.717) is 6.54 Å². The van der Waals surface area contributed by atoms with E-state index in [1.807, 2.05) is 13.8 Å². The first-order chi connectivity index (χ1) is 8.55. The largest absolute Gasteiger partial charge is 0.388 e. The summed E-state index contributed by atoms with van der Waals surface area (Å²) in [4.78, 5) is 11.5. The maximum Gasteiger partial charge on any atom is 0.135 e. The fourth-order valence-corrected chi connectivity index (χ4v) is 3.08. The minimum absolute atomic E-state index is 0.569. The van der Waals surface area contributed by atoms with Gasteiger partial charge in [0.1, 0.15) is 11.6 Å². The molecule has 4 heteroatoms. The SMILES string of the molecule is Cc1nc2c(c(N3CCC(C)(O)C3)n1)CCCC2. The van der Waals surface area contributed by atoms with Gasteiger partial charge in [0, 0.05) is 24.3 Å². The summed E-state index contributed by atoms with van der Waals surface area (Å²) in [5.74, 6) is 1.94. The number of rotatable bonds is 1. The Labute approximate surface area is 108 Å². The molecule has 0 aromatic carbocycles. The van der Waals surface area contributed by atoms with Gasteiger partial charge < -0.3 is 10.0 Å². The Kier molecular flexibility index (Phi) is 2.77. The lowest BCUT2D eigenvalue weighted by Crippen LogP contribution is -2.31. The highest BCUT2D eigenvalue weighted by Crippen LogP contribution is 2.32. The lowest BCUT2D eigenvalue weighted by Gasteiger charge is -2.26. The molecule has 4 nitrogen and oxygen atoms in total. The molecule has 1 unspecified atom stereocenters. The van der Waals surface area contributed by atoms with Crippen LogP contribution < -0.4 is 4.90 Å². The van der Waals surface area contributed by atoms with Crippen LogP contribution in [0.4, 0.5) is 5.82 Å². The Balaban J connectivity index is 1.99. The number of hydrogen-bond donors (Lipinski definition) is 1. The van der Waals surface area contributed by atoms with E-state index in [4.69, 9.17) is 0 Å². The van der Waals surface area contributed by atoms with Gasteiger partial charge >= 0.3 is 0 Å². The zero-order valence-corrected chi connectivity index (χ0v) is 11.2. The topological polar surface area (TPSA) is 49.2 Å². The second-order valence-corrected chi connectivity index (χ2v) is 5.90. The molecule has 18 heavy (non-hydrogen) atoms. The first kappa shape index (κ1) is 11.9. The highest BCUT2D eigenvalue weighted by atomic mass is 16.3. The van der Waals surface area contributed by atoms with Gasteiger partial charge in [0.05, 0.1) is 5.60 Å². The molecule has 0 radical (unpaired) electrons. The number of aliphatic hydroxyl groups is 1. The molecule has 1 fully saturated rings. The maximum absolute atomic E-state index is 10.1. The number of hydrogen-bond acceptors (Lipinski definition) is 4. The Morgan fingerprint density at radius 2 is 2.00 bits per heavy atom. The average Bonchev–Trinajstić information content (AvgIpc) is 2.68. The van der Waals surface area contributed by atoms with E-state index in [1.165, 1.54) is 24.1 Å². The van der Waals surface area contributed by atoms with Crippen molar-refractivity contribution < 1.29 is 5.11 Å². The van der Waals surface area contributed by atoms with Crippen LogP contribution in [-0.4, -0.2) is 33.8 Å². The van der Waals surface area contributed by atoms with E-state index < -0.39 is 5.60 Å². The monoisotopic (exact) mass is 247 g/mol. The molecule has 3 rings (SSSR count). The first-order valence-electron chi connectivity index (χ1n) is 6.89. The summed E-state index contributed by atoms with van der Waals surface area (Å²) in [6.07, 6.45) is 5.46. The summed E-state index contributed by atoms with van der Waals surface area (Å²) in [5.41, 5.74) is 1.99. The molecule has 1 saturated heterocycles. The second kappa shape index (κ2) is 4.19. The maximum atomic E-state index is 10.1. The minimum atomic E-state index is -0.569. The van der Waals surface area contributed by atoms with E-state index in [2.05, 4.69) is 14.9 Å². The zero-order valence-electron chi connectivity index (χ0n) is 11.2. The van der Waals surface area contributed by atoms with Crippen molar-refractivity contribution in [1.82, 2.24) is 9.97 Å². The van der Waals surface area contributed by atoms with Crippen LogP contribution in [-0.2, 0) is 12.8 Å². The van der Waals surface area contributed by atoms with Gasteiger partial charge in [-0.05, 0) is 46.0 Å². The van der Waals surface area contributed by atoms with Gasteiger partial charge in [0.2, 0.25) is 0 Å². The van der Waals surface area contributed by atoms with Crippen LogP contribution in [0.5, 0.6) is 0 Å². The van der Waals surface area contributed by atoms with E-state index in [1.54, 1.807) is 0 Å². The van der Waals surface area contributed by atoms with Gasteiger partial charge in [-0.15, -0.1) is 0 Å². The van der Waals surface area contributed by atoms with E-state index in [0.717, 1.165) is 37.4 Å². The molecule has 1 atom stereocenters. The smallest absolute Gasteiger partial charge is 0.135 e. The van der Waals surface area contributed by atoms with Gasteiger partial charge in [-0.3, -0.25) is 0 Å². The van der Waals surface area contributed by atoms with Crippen LogP contribution in [0.1, 0.15) is 43.3 Å². The molecule has 1 aromatic rings. The van der Waals surface area contributed by atoms with E-state index in [-0.39, 0.29) is 0 Å². The molecule has 1 N–H and O–H groups in total. The van der Waals surface area contributed by atoms with Gasteiger partial charge in [-0.2, -0.15) is 0 Å². The molecule has 0 bridgehead atoms. The molecule has 0 saturated carbocycles. The van der Waals surface area contributed by atoms with Crippen molar-refractivity contribution in [2.75, 3.05) is 18.0 Å². The first-order valence-corrected chi connectivity index (χ1v) is 6.89. The lowest BCUT2D eigenvalue weighted by molar-refractivity contribution is 0.0839. The van der Waals surface area contributed by atoms with Crippen LogP contribution in [0.2, 0.25) is 0 Å². The average molecular weight is 247 g/mol. The number of aryl methyl sites for hydroxylation is 2. The third-order valence-corrected chi connectivity index (χ3v) is 4.02. The molecule has 1 aromatic heterocycles. The van der Waals surface area contributed by atoms with Crippen LogP contribution in [0, 0.1) is 6.92 Å². The highest BCUT2D eigenvalue weighted by Gasteiger charge is 2.34. The fourth-order valence-electron chi connectivity index (χ4n) is 3.08. The summed E-state index contributed by atoms with van der Waals surface area (Å²) in [6.45, 7) is 5.46. The molecular formula is C14H21N3O. The van der Waals surface area contributed by atoms with Gasteiger partial charge in [0.15, 0.2) is 0 Å². The number of β-amino-alcohol motifs (C(OH)–C–C–N with tert-alkyl or cyclic N) is 1. The van der Waals surface area contributed by atoms with Crippen molar-refractivity contribution in [3.63, 3.8) is 0 Å². The van der Waals surface area contributed by atoms with Crippen molar-refractivity contribution in [2.24, 2.45) is 0 Å². The van der Waals surface area contributed by atoms with Crippen molar-refractivity contribution in [1.29, 1.82) is 0 Å². The van der Waals surface area contributed by atoms with Crippen molar-refractivity contribution in [3.05, 3.63) is 17.1 Å². The zero-order chi connectivity index (χ0) is 12.8. The molecule has 1 aliphatic carbocycles. The highest BCUT2D eigenvalue weighted by molar-refractivity contribution is 5.51. The molecule has 98 valence electrons. The van der Waals surface area contributed by atoms with Crippen LogP contribution >= 0.6 is 0 Å². The standard InChI is InChI=1S/C14H21N3O/c1-10-15-12-6-4-3-5-11(12)13(16-10)17-8-7-14(2,18)9-17/h18H,3-9H2,1-2H3. The molecule has 0 spiro atoms. The van der Waals surface area contributed by atoms with Gasteiger partial charge in [-0.1, -0.05) is 0 Å². The predicted octanol–water partition coefficient (Wildman–Crippen LogP) is 1.62. The Morgan fingerprint density at radius 1 is 1.22 bits per heavy atom. The van der Waals surface area contributed by atoms with Gasteiger partial charge in [-0.25, -0.2) is 9.97 Å².